The first-order valence-electron chi connectivity index (χ1n) is 5.65. The highest BCUT2D eigenvalue weighted by atomic mass is 15.1. The van der Waals surface area contributed by atoms with Crippen molar-refractivity contribution in [3.63, 3.8) is 0 Å². The van der Waals surface area contributed by atoms with E-state index in [0.717, 1.165) is 25.3 Å². The lowest BCUT2D eigenvalue weighted by Crippen LogP contribution is -2.35. The summed E-state index contributed by atoms with van der Waals surface area (Å²) >= 11 is 0. The Morgan fingerprint density at radius 3 is 2.88 bits per heavy atom. The minimum Gasteiger partial charge on any atom is -0.334 e. The fourth-order valence-corrected chi connectivity index (χ4v) is 1.38. The van der Waals surface area contributed by atoms with Gasteiger partial charge in [-0.3, -0.25) is 0 Å². The smallest absolute Gasteiger partial charge is 0.122 e. The van der Waals surface area contributed by atoms with Gasteiger partial charge in [0.1, 0.15) is 5.82 Å². The molecule has 0 aliphatic carbocycles. The van der Waals surface area contributed by atoms with Crippen LogP contribution in [-0.2, 0) is 13.1 Å². The van der Waals surface area contributed by atoms with Crippen LogP contribution in [0.5, 0.6) is 0 Å². The van der Waals surface area contributed by atoms with Gasteiger partial charge in [-0.15, -0.1) is 0 Å². The highest BCUT2D eigenvalue weighted by Crippen LogP contribution is 2.04. The molecule has 0 fully saturated rings. The van der Waals surface area contributed by atoms with Crippen LogP contribution in [0.3, 0.4) is 0 Å². The van der Waals surface area contributed by atoms with Crippen molar-refractivity contribution < 1.29 is 0 Å². The molecule has 4 heteroatoms. The summed E-state index contributed by atoms with van der Waals surface area (Å²) in [5.74, 6) is 1.04. The number of unbranched alkanes of at least 4 members (excludes halogenated alkanes) is 1. The van der Waals surface area contributed by atoms with Crippen molar-refractivity contribution in [3.8, 4) is 6.07 Å². The van der Waals surface area contributed by atoms with Crippen LogP contribution < -0.4 is 5.32 Å². The molecular formula is C12H20N4. The molecule has 0 atom stereocenters. The Balaban J connectivity index is 2.48. The van der Waals surface area contributed by atoms with E-state index in [2.05, 4.69) is 41.7 Å². The fourth-order valence-electron chi connectivity index (χ4n) is 1.38. The summed E-state index contributed by atoms with van der Waals surface area (Å²) in [5.41, 5.74) is 0.101. The zero-order chi connectivity index (χ0) is 12.0. The Morgan fingerprint density at radius 1 is 1.50 bits per heavy atom. The van der Waals surface area contributed by atoms with E-state index in [1.165, 1.54) is 0 Å². The number of nitrogens with zero attached hydrogens (tertiary/aromatic N) is 3. The van der Waals surface area contributed by atoms with Gasteiger partial charge < -0.3 is 9.88 Å². The Labute approximate surface area is 97.3 Å². The van der Waals surface area contributed by atoms with Crippen molar-refractivity contribution >= 4 is 0 Å². The molecule has 0 aliphatic heterocycles. The number of nitrogens with one attached hydrogen (secondary N) is 1. The summed E-state index contributed by atoms with van der Waals surface area (Å²) in [6.07, 6.45) is 5.27. The molecule has 88 valence electrons. The summed E-state index contributed by atoms with van der Waals surface area (Å²) < 4.78 is 2.11. The SMILES string of the molecule is CC(C)(C)NCc1nccn1CCCC#N. The second-order valence-corrected chi connectivity index (χ2v) is 4.90. The molecule has 0 saturated heterocycles. The molecule has 0 radical (unpaired) electrons. The molecule has 0 amide bonds. The minimum atomic E-state index is 0.101. The largest absolute Gasteiger partial charge is 0.334 e. The van der Waals surface area contributed by atoms with Gasteiger partial charge in [0.05, 0.1) is 12.6 Å². The third-order valence-corrected chi connectivity index (χ3v) is 2.27. The van der Waals surface area contributed by atoms with E-state index in [9.17, 15) is 0 Å². The third kappa shape index (κ3) is 4.45. The predicted octanol–water partition coefficient (Wildman–Crippen LogP) is 2.07. The average molecular weight is 220 g/mol. The minimum absolute atomic E-state index is 0.101. The lowest BCUT2D eigenvalue weighted by molar-refractivity contribution is 0.411. The Morgan fingerprint density at radius 2 is 2.25 bits per heavy atom. The van der Waals surface area contributed by atoms with Crippen molar-refractivity contribution in [2.24, 2.45) is 0 Å². The topological polar surface area (TPSA) is 53.6 Å². The van der Waals surface area contributed by atoms with Crippen LogP contribution in [0.15, 0.2) is 12.4 Å². The van der Waals surface area contributed by atoms with E-state index < -0.39 is 0 Å². The highest BCUT2D eigenvalue weighted by Gasteiger charge is 2.10. The van der Waals surface area contributed by atoms with Crippen LogP contribution in [0, 0.1) is 11.3 Å². The summed E-state index contributed by atoms with van der Waals surface area (Å²) in [6, 6.07) is 2.16. The predicted molar refractivity (Wildman–Crippen MR) is 63.7 cm³/mol. The molecule has 0 saturated carbocycles. The Kier molecular flexibility index (Phi) is 4.51. The molecular weight excluding hydrogens is 200 g/mol. The summed E-state index contributed by atoms with van der Waals surface area (Å²) in [4.78, 5) is 4.32. The van der Waals surface area contributed by atoms with Crippen LogP contribution in [0.2, 0.25) is 0 Å². The van der Waals surface area contributed by atoms with E-state index >= 15 is 0 Å². The van der Waals surface area contributed by atoms with Gasteiger partial charge in [-0.25, -0.2) is 4.98 Å². The van der Waals surface area contributed by atoms with Gasteiger partial charge >= 0.3 is 0 Å². The van der Waals surface area contributed by atoms with Crippen LogP contribution in [0.4, 0.5) is 0 Å². The number of aryl methyl sites for hydroxylation is 1. The number of rotatable bonds is 5. The molecule has 4 nitrogen and oxygen atoms in total. The Bertz CT molecular complexity index is 354. The summed E-state index contributed by atoms with van der Waals surface area (Å²) in [7, 11) is 0. The number of aromatic nitrogens is 2. The van der Waals surface area contributed by atoms with Gasteiger partial charge in [0.25, 0.3) is 0 Å². The molecule has 0 spiro atoms. The van der Waals surface area contributed by atoms with E-state index in [4.69, 9.17) is 5.26 Å². The third-order valence-electron chi connectivity index (χ3n) is 2.27. The normalized spacial score (nSPS) is 11.4. The molecule has 1 rings (SSSR count). The van der Waals surface area contributed by atoms with Crippen molar-refractivity contribution in [1.82, 2.24) is 14.9 Å². The summed E-state index contributed by atoms with van der Waals surface area (Å²) in [5, 5.41) is 11.9. The van der Waals surface area contributed by atoms with Gasteiger partial charge in [-0.05, 0) is 27.2 Å². The molecule has 0 unspecified atom stereocenters. The lowest BCUT2D eigenvalue weighted by atomic mass is 10.1. The van der Waals surface area contributed by atoms with E-state index in [-0.39, 0.29) is 5.54 Å². The average Bonchev–Trinajstić information content (AvgIpc) is 2.62. The lowest BCUT2D eigenvalue weighted by Gasteiger charge is -2.20. The molecule has 0 aromatic carbocycles. The quantitative estimate of drug-likeness (QED) is 0.773. The van der Waals surface area contributed by atoms with Crippen molar-refractivity contribution in [1.29, 1.82) is 5.26 Å². The zero-order valence-corrected chi connectivity index (χ0v) is 10.3. The maximum absolute atomic E-state index is 8.49. The van der Waals surface area contributed by atoms with Crippen molar-refractivity contribution in [2.75, 3.05) is 0 Å². The molecule has 0 aliphatic rings. The highest BCUT2D eigenvalue weighted by molar-refractivity contribution is 4.93. The second-order valence-electron chi connectivity index (χ2n) is 4.90. The molecule has 0 bridgehead atoms. The monoisotopic (exact) mass is 220 g/mol. The van der Waals surface area contributed by atoms with Crippen molar-refractivity contribution in [3.05, 3.63) is 18.2 Å². The number of hydrogen-bond donors (Lipinski definition) is 1. The maximum Gasteiger partial charge on any atom is 0.122 e. The van der Waals surface area contributed by atoms with E-state index in [1.54, 1.807) is 0 Å². The van der Waals surface area contributed by atoms with E-state index in [0.29, 0.717) is 6.42 Å². The van der Waals surface area contributed by atoms with Crippen LogP contribution >= 0.6 is 0 Å². The second kappa shape index (κ2) is 5.66. The van der Waals surface area contributed by atoms with Crippen molar-refractivity contribution in [2.45, 2.75) is 52.2 Å². The van der Waals surface area contributed by atoms with Gasteiger partial charge in [-0.2, -0.15) is 5.26 Å². The number of nitriles is 1. The zero-order valence-electron chi connectivity index (χ0n) is 10.3. The van der Waals surface area contributed by atoms with Crippen LogP contribution in [-0.4, -0.2) is 15.1 Å². The molecule has 16 heavy (non-hydrogen) atoms. The Hall–Kier alpha value is -1.34. The van der Waals surface area contributed by atoms with Crippen LogP contribution in [0.1, 0.15) is 39.4 Å². The fraction of sp³-hybridized carbons (Fsp3) is 0.667. The molecule has 1 heterocycles. The molecule has 1 aromatic rings. The molecule has 1 aromatic heterocycles. The van der Waals surface area contributed by atoms with E-state index in [1.807, 2.05) is 12.4 Å². The molecule has 1 N–H and O–H groups in total. The summed E-state index contributed by atoms with van der Waals surface area (Å²) in [6.45, 7) is 8.04. The first kappa shape index (κ1) is 12.7. The first-order chi connectivity index (χ1) is 7.53. The number of imidazole rings is 1. The maximum atomic E-state index is 8.49. The first-order valence-corrected chi connectivity index (χ1v) is 5.65. The van der Waals surface area contributed by atoms with Crippen LogP contribution in [0.25, 0.3) is 0 Å². The van der Waals surface area contributed by atoms with Gasteiger partial charge in [0, 0.05) is 30.9 Å². The van der Waals surface area contributed by atoms with Gasteiger partial charge in [0.2, 0.25) is 0 Å². The number of hydrogen-bond acceptors (Lipinski definition) is 3. The van der Waals surface area contributed by atoms with Gasteiger partial charge in [-0.1, -0.05) is 0 Å². The standard InChI is InChI=1S/C12H20N4/c1-12(2,3)15-10-11-14-7-9-16(11)8-5-4-6-13/h7,9,15H,4-5,8,10H2,1-3H3. The van der Waals surface area contributed by atoms with Gasteiger partial charge in [0.15, 0.2) is 0 Å².